The van der Waals surface area contributed by atoms with Crippen molar-refractivity contribution >= 4 is 29.1 Å². The Bertz CT molecular complexity index is 894. The molecular formula is C23H27ClN3O2+. The zero-order valence-electron chi connectivity index (χ0n) is 16.7. The van der Waals surface area contributed by atoms with E-state index in [1.165, 1.54) is 15.4 Å². The molecule has 2 saturated heterocycles. The molecule has 0 bridgehead atoms. The van der Waals surface area contributed by atoms with Gasteiger partial charge in [0, 0.05) is 17.3 Å². The van der Waals surface area contributed by atoms with E-state index in [0.717, 1.165) is 42.5 Å². The topological polar surface area (TPSA) is 45.1 Å². The average molecular weight is 413 g/mol. The number of hydrogen-bond acceptors (Lipinski definition) is 3. The monoisotopic (exact) mass is 412 g/mol. The van der Waals surface area contributed by atoms with Crippen molar-refractivity contribution in [1.82, 2.24) is 4.90 Å². The van der Waals surface area contributed by atoms with E-state index in [1.807, 2.05) is 48.5 Å². The molecule has 0 radical (unpaired) electrons. The lowest BCUT2D eigenvalue weighted by Gasteiger charge is -2.36. The normalized spacial score (nSPS) is 20.6. The number of likely N-dealkylation sites (tertiary alicyclic amines) is 1. The van der Waals surface area contributed by atoms with E-state index in [1.54, 1.807) is 0 Å². The summed E-state index contributed by atoms with van der Waals surface area (Å²) in [5, 5.41) is 0.742. The van der Waals surface area contributed by atoms with Crippen LogP contribution >= 0.6 is 11.6 Å². The summed E-state index contributed by atoms with van der Waals surface area (Å²) in [5.41, 5.74) is 3.52. The number of quaternary nitrogens is 1. The first kappa shape index (κ1) is 19.9. The summed E-state index contributed by atoms with van der Waals surface area (Å²) in [4.78, 5) is 30.5. The quantitative estimate of drug-likeness (QED) is 0.761. The van der Waals surface area contributed by atoms with Crippen molar-refractivity contribution in [2.24, 2.45) is 0 Å². The summed E-state index contributed by atoms with van der Waals surface area (Å²) in [6.45, 7) is 5.98. The molecule has 2 aliphatic rings. The van der Waals surface area contributed by atoms with Crippen LogP contribution in [0.2, 0.25) is 5.02 Å². The van der Waals surface area contributed by atoms with E-state index in [4.69, 9.17) is 11.6 Å². The fourth-order valence-electron chi connectivity index (χ4n) is 4.43. The predicted molar refractivity (Wildman–Crippen MR) is 114 cm³/mol. The predicted octanol–water partition coefficient (Wildman–Crippen LogP) is 1.72. The Morgan fingerprint density at radius 3 is 2.52 bits per heavy atom. The van der Waals surface area contributed by atoms with Gasteiger partial charge in [-0.05, 0) is 36.6 Å². The molecule has 1 atom stereocenters. The maximum Gasteiger partial charge on any atom is 0.288 e. The molecule has 2 amide bonds. The SMILES string of the molecule is Cc1ccc(Cl)cc1N1CC[NH+]([C@@H]2CC(=O)N(CCc3ccccc3)C2=O)CC1. The van der Waals surface area contributed by atoms with Crippen LogP contribution in [0.4, 0.5) is 5.69 Å². The smallest absolute Gasteiger partial charge is 0.288 e. The number of nitrogens with one attached hydrogen (secondary N) is 1. The van der Waals surface area contributed by atoms with Crippen LogP contribution in [-0.2, 0) is 16.0 Å². The van der Waals surface area contributed by atoms with Crippen molar-refractivity contribution in [3.05, 3.63) is 64.7 Å². The summed E-state index contributed by atoms with van der Waals surface area (Å²) in [5.74, 6) is -0.0372. The summed E-state index contributed by atoms with van der Waals surface area (Å²) in [7, 11) is 0. The fourth-order valence-corrected chi connectivity index (χ4v) is 4.60. The van der Waals surface area contributed by atoms with E-state index in [2.05, 4.69) is 11.8 Å². The third-order valence-electron chi connectivity index (χ3n) is 6.12. The minimum absolute atomic E-state index is 0.00619. The van der Waals surface area contributed by atoms with Crippen molar-refractivity contribution in [1.29, 1.82) is 0 Å². The fraction of sp³-hybridized carbons (Fsp3) is 0.391. The van der Waals surface area contributed by atoms with Crippen LogP contribution in [0.25, 0.3) is 0 Å². The molecule has 1 N–H and O–H groups in total. The molecule has 4 rings (SSSR count). The number of nitrogens with zero attached hydrogens (tertiary/aromatic N) is 2. The third-order valence-corrected chi connectivity index (χ3v) is 6.36. The van der Waals surface area contributed by atoms with Crippen molar-refractivity contribution in [2.75, 3.05) is 37.6 Å². The minimum Gasteiger partial charge on any atom is -0.360 e. The number of halogens is 1. The van der Waals surface area contributed by atoms with E-state index in [-0.39, 0.29) is 17.9 Å². The molecule has 6 heteroatoms. The second-order valence-corrected chi connectivity index (χ2v) is 8.39. The molecule has 2 aliphatic heterocycles. The Morgan fingerprint density at radius 1 is 1.07 bits per heavy atom. The van der Waals surface area contributed by atoms with Gasteiger partial charge in [-0.1, -0.05) is 48.0 Å². The molecule has 0 aromatic heterocycles. The van der Waals surface area contributed by atoms with Gasteiger partial charge < -0.3 is 9.80 Å². The standard InChI is InChI=1S/C23H26ClN3O2/c1-17-7-8-19(24)15-20(17)25-11-13-26(14-12-25)21-16-22(28)27(23(21)29)10-9-18-5-3-2-4-6-18/h2-8,15,21H,9-14,16H2,1H3/p+1/t21-/m1/s1. The van der Waals surface area contributed by atoms with Crippen molar-refractivity contribution < 1.29 is 14.5 Å². The second-order valence-electron chi connectivity index (χ2n) is 7.95. The molecule has 2 aromatic rings. The molecule has 152 valence electrons. The van der Waals surface area contributed by atoms with Gasteiger partial charge in [0.15, 0.2) is 6.04 Å². The summed E-state index contributed by atoms with van der Waals surface area (Å²) in [6.07, 6.45) is 1.04. The summed E-state index contributed by atoms with van der Waals surface area (Å²) < 4.78 is 0. The van der Waals surface area contributed by atoms with Crippen LogP contribution in [0.1, 0.15) is 17.5 Å². The van der Waals surface area contributed by atoms with Crippen molar-refractivity contribution in [3.63, 3.8) is 0 Å². The van der Waals surface area contributed by atoms with E-state index in [0.29, 0.717) is 19.4 Å². The number of aryl methyl sites for hydroxylation is 1. The molecule has 29 heavy (non-hydrogen) atoms. The lowest BCUT2D eigenvalue weighted by atomic mass is 10.1. The molecule has 0 saturated carbocycles. The molecule has 0 aliphatic carbocycles. The first-order chi connectivity index (χ1) is 14.0. The number of carbonyl (C=O) groups excluding carboxylic acids is 2. The minimum atomic E-state index is -0.235. The largest absolute Gasteiger partial charge is 0.360 e. The maximum absolute atomic E-state index is 12.9. The highest BCUT2D eigenvalue weighted by molar-refractivity contribution is 6.30. The Morgan fingerprint density at radius 2 is 1.79 bits per heavy atom. The number of benzene rings is 2. The van der Waals surface area contributed by atoms with Gasteiger partial charge in [0.2, 0.25) is 5.91 Å². The van der Waals surface area contributed by atoms with E-state index >= 15 is 0 Å². The van der Waals surface area contributed by atoms with Gasteiger partial charge in [-0.15, -0.1) is 0 Å². The van der Waals surface area contributed by atoms with Gasteiger partial charge in [0.25, 0.3) is 5.91 Å². The number of anilines is 1. The molecule has 2 fully saturated rings. The Labute approximate surface area is 176 Å². The van der Waals surface area contributed by atoms with Gasteiger partial charge in [0.1, 0.15) is 0 Å². The van der Waals surface area contributed by atoms with Crippen LogP contribution < -0.4 is 9.80 Å². The molecule has 2 aromatic carbocycles. The molecule has 0 spiro atoms. The number of carbonyl (C=O) groups is 2. The molecule has 2 heterocycles. The number of imide groups is 1. The van der Waals surface area contributed by atoms with Crippen LogP contribution in [-0.4, -0.2) is 55.5 Å². The first-order valence-electron chi connectivity index (χ1n) is 10.3. The van der Waals surface area contributed by atoms with Crippen molar-refractivity contribution in [3.8, 4) is 0 Å². The average Bonchev–Trinajstić information content (AvgIpc) is 3.03. The molecule has 5 nitrogen and oxygen atoms in total. The maximum atomic E-state index is 12.9. The van der Waals surface area contributed by atoms with Gasteiger partial charge in [-0.2, -0.15) is 0 Å². The van der Waals surface area contributed by atoms with Gasteiger partial charge in [-0.3, -0.25) is 14.5 Å². The zero-order chi connectivity index (χ0) is 20.4. The number of rotatable bonds is 5. The Hall–Kier alpha value is -2.37. The van der Waals surface area contributed by atoms with Gasteiger partial charge in [-0.25, -0.2) is 0 Å². The summed E-state index contributed by atoms with van der Waals surface area (Å²) in [6, 6.07) is 15.7. The van der Waals surface area contributed by atoms with Crippen molar-refractivity contribution in [2.45, 2.75) is 25.8 Å². The van der Waals surface area contributed by atoms with Crippen LogP contribution in [0.15, 0.2) is 48.5 Å². The Balaban J connectivity index is 1.35. The first-order valence-corrected chi connectivity index (χ1v) is 10.6. The molecular weight excluding hydrogens is 386 g/mol. The third kappa shape index (κ3) is 4.31. The van der Waals surface area contributed by atoms with Gasteiger partial charge in [0.05, 0.1) is 32.6 Å². The Kier molecular flexibility index (Phi) is 5.88. The van der Waals surface area contributed by atoms with Crippen LogP contribution in [0.5, 0.6) is 0 Å². The lowest BCUT2D eigenvalue weighted by molar-refractivity contribution is -0.915. The highest BCUT2D eigenvalue weighted by Gasteiger charge is 2.45. The summed E-state index contributed by atoms with van der Waals surface area (Å²) >= 11 is 6.17. The van der Waals surface area contributed by atoms with Gasteiger partial charge >= 0.3 is 0 Å². The highest BCUT2D eigenvalue weighted by Crippen LogP contribution is 2.24. The number of hydrogen-bond donors (Lipinski definition) is 1. The second kappa shape index (κ2) is 8.56. The van der Waals surface area contributed by atoms with E-state index in [9.17, 15) is 9.59 Å². The van der Waals surface area contributed by atoms with Crippen LogP contribution in [0, 0.1) is 6.92 Å². The number of piperazine rings is 1. The van der Waals surface area contributed by atoms with E-state index < -0.39 is 0 Å². The van der Waals surface area contributed by atoms with Crippen LogP contribution in [0.3, 0.4) is 0 Å². The lowest BCUT2D eigenvalue weighted by Crippen LogP contribution is -3.19. The zero-order valence-corrected chi connectivity index (χ0v) is 17.5. The molecule has 0 unspecified atom stereocenters. The number of amides is 2. The highest BCUT2D eigenvalue weighted by atomic mass is 35.5.